The second-order valence-corrected chi connectivity index (χ2v) is 6.31. The molecule has 0 spiro atoms. The minimum absolute atomic E-state index is 0.193. The zero-order chi connectivity index (χ0) is 19.2. The third-order valence-corrected chi connectivity index (χ3v) is 4.60. The van der Waals surface area contributed by atoms with Crippen molar-refractivity contribution < 1.29 is 14.4 Å². The van der Waals surface area contributed by atoms with E-state index in [0.29, 0.717) is 26.2 Å². The van der Waals surface area contributed by atoms with Gasteiger partial charge in [0.05, 0.1) is 0 Å². The fourth-order valence-corrected chi connectivity index (χ4v) is 3.01. The third-order valence-electron chi connectivity index (χ3n) is 4.60. The van der Waals surface area contributed by atoms with Crippen molar-refractivity contribution in [3.05, 3.63) is 59.4 Å². The topological polar surface area (TPSA) is 82.6 Å². The molecule has 3 amide bonds. The van der Waals surface area contributed by atoms with Crippen molar-refractivity contribution in [3.63, 3.8) is 0 Å². The molecule has 0 atom stereocenters. The van der Waals surface area contributed by atoms with Crippen molar-refractivity contribution in [2.75, 3.05) is 31.5 Å². The van der Waals surface area contributed by atoms with E-state index in [1.54, 1.807) is 28.0 Å². The van der Waals surface area contributed by atoms with Crippen molar-refractivity contribution in [2.45, 2.75) is 13.3 Å². The molecule has 2 aromatic rings. The highest BCUT2D eigenvalue weighted by Crippen LogP contribution is 2.16. The summed E-state index contributed by atoms with van der Waals surface area (Å²) < 4.78 is 0. The number of nitrogens with zero attached hydrogens (tertiary/aromatic N) is 3. The lowest BCUT2D eigenvalue weighted by Crippen LogP contribution is -2.48. The Labute approximate surface area is 158 Å². The Kier molecular flexibility index (Phi) is 5.80. The van der Waals surface area contributed by atoms with Crippen molar-refractivity contribution in [3.8, 4) is 0 Å². The Balaban J connectivity index is 1.72. The number of carbonyl (C=O) groups is 3. The molecule has 140 valence electrons. The predicted molar refractivity (Wildman–Crippen MR) is 102 cm³/mol. The summed E-state index contributed by atoms with van der Waals surface area (Å²) >= 11 is 0. The minimum atomic E-state index is -0.351. The fraction of sp³-hybridized carbons (Fsp3) is 0.300. The smallest absolute Gasteiger partial charge is 0.274 e. The standard InChI is InChI=1S/C20H22N4O3/c1-2-15-6-3-4-7-16(15)22-19(26)17-8-5-9-18(21-17)20(27)24-12-10-23(14-25)11-13-24/h3-9,14H,2,10-13H2,1H3,(H,22,26). The number of anilines is 1. The summed E-state index contributed by atoms with van der Waals surface area (Å²) in [6.45, 7) is 3.94. The number of aryl methyl sites for hydroxylation is 1. The first-order valence-electron chi connectivity index (χ1n) is 8.97. The van der Waals surface area contributed by atoms with Gasteiger partial charge in [0.25, 0.3) is 11.8 Å². The van der Waals surface area contributed by atoms with E-state index in [0.717, 1.165) is 24.1 Å². The quantitative estimate of drug-likeness (QED) is 0.818. The van der Waals surface area contributed by atoms with Crippen molar-refractivity contribution >= 4 is 23.9 Å². The molecular formula is C20H22N4O3. The maximum Gasteiger partial charge on any atom is 0.274 e. The predicted octanol–water partition coefficient (Wildman–Crippen LogP) is 1.81. The molecule has 1 aliphatic rings. The molecule has 1 fully saturated rings. The number of amides is 3. The van der Waals surface area contributed by atoms with E-state index >= 15 is 0 Å². The first kappa shape index (κ1) is 18.6. The van der Waals surface area contributed by atoms with Gasteiger partial charge < -0.3 is 15.1 Å². The van der Waals surface area contributed by atoms with Gasteiger partial charge >= 0.3 is 0 Å². The number of nitrogens with one attached hydrogen (secondary N) is 1. The van der Waals surface area contributed by atoms with Crippen molar-refractivity contribution in [1.29, 1.82) is 0 Å². The molecule has 1 aromatic carbocycles. The lowest BCUT2D eigenvalue weighted by Gasteiger charge is -2.32. The molecule has 1 N–H and O–H groups in total. The highest BCUT2D eigenvalue weighted by molar-refractivity contribution is 6.04. The zero-order valence-electron chi connectivity index (χ0n) is 15.2. The van der Waals surface area contributed by atoms with Gasteiger partial charge in [-0.05, 0) is 30.2 Å². The number of benzene rings is 1. The van der Waals surface area contributed by atoms with Gasteiger partial charge in [-0.3, -0.25) is 14.4 Å². The summed E-state index contributed by atoms with van der Waals surface area (Å²) in [7, 11) is 0. The number of piperazine rings is 1. The van der Waals surface area contributed by atoms with Gasteiger partial charge in [0.2, 0.25) is 6.41 Å². The fourth-order valence-electron chi connectivity index (χ4n) is 3.01. The monoisotopic (exact) mass is 366 g/mol. The molecular weight excluding hydrogens is 344 g/mol. The van der Waals surface area contributed by atoms with Crippen LogP contribution in [0, 0.1) is 0 Å². The highest BCUT2D eigenvalue weighted by atomic mass is 16.2. The average molecular weight is 366 g/mol. The van der Waals surface area contributed by atoms with E-state index in [1.165, 1.54) is 0 Å². The van der Waals surface area contributed by atoms with Crippen LogP contribution < -0.4 is 5.32 Å². The molecule has 0 bridgehead atoms. The first-order valence-corrected chi connectivity index (χ1v) is 8.97. The first-order chi connectivity index (χ1) is 13.1. The van der Waals surface area contributed by atoms with Crippen molar-refractivity contribution in [2.24, 2.45) is 0 Å². The zero-order valence-corrected chi connectivity index (χ0v) is 15.2. The van der Waals surface area contributed by atoms with Gasteiger partial charge in [0.1, 0.15) is 11.4 Å². The lowest BCUT2D eigenvalue weighted by molar-refractivity contribution is -0.119. The second-order valence-electron chi connectivity index (χ2n) is 6.31. The summed E-state index contributed by atoms with van der Waals surface area (Å²) in [5.74, 6) is -0.583. The number of para-hydroxylation sites is 1. The molecule has 0 saturated carbocycles. The van der Waals surface area contributed by atoms with Crippen LogP contribution in [0.2, 0.25) is 0 Å². The maximum absolute atomic E-state index is 12.7. The van der Waals surface area contributed by atoms with Crippen LogP contribution in [0.3, 0.4) is 0 Å². The molecule has 0 aliphatic carbocycles. The minimum Gasteiger partial charge on any atom is -0.342 e. The van der Waals surface area contributed by atoms with Crippen molar-refractivity contribution in [1.82, 2.24) is 14.8 Å². The number of hydrogen-bond acceptors (Lipinski definition) is 4. The van der Waals surface area contributed by atoms with E-state index in [9.17, 15) is 14.4 Å². The molecule has 3 rings (SSSR count). The summed E-state index contributed by atoms with van der Waals surface area (Å²) in [6.07, 6.45) is 1.59. The molecule has 7 heteroatoms. The molecule has 1 saturated heterocycles. The van der Waals surface area contributed by atoms with Crippen LogP contribution in [0.4, 0.5) is 5.69 Å². The summed E-state index contributed by atoms with van der Waals surface area (Å²) in [6, 6.07) is 12.4. The Hall–Kier alpha value is -3.22. The van der Waals surface area contributed by atoms with E-state index in [2.05, 4.69) is 10.3 Å². The molecule has 1 aliphatic heterocycles. The summed E-state index contributed by atoms with van der Waals surface area (Å²) in [5.41, 5.74) is 2.20. The number of hydrogen-bond donors (Lipinski definition) is 1. The molecule has 0 unspecified atom stereocenters. The molecule has 0 radical (unpaired) electrons. The molecule has 1 aromatic heterocycles. The maximum atomic E-state index is 12.7. The van der Waals surface area contributed by atoms with Crippen LogP contribution in [-0.4, -0.2) is 59.2 Å². The van der Waals surface area contributed by atoms with E-state index in [-0.39, 0.29) is 23.2 Å². The van der Waals surface area contributed by atoms with Gasteiger partial charge in [-0.15, -0.1) is 0 Å². The Morgan fingerprint density at radius 2 is 1.74 bits per heavy atom. The Morgan fingerprint density at radius 3 is 2.44 bits per heavy atom. The number of aromatic nitrogens is 1. The van der Waals surface area contributed by atoms with Gasteiger partial charge in [-0.1, -0.05) is 31.2 Å². The number of carbonyl (C=O) groups excluding carboxylic acids is 3. The molecule has 2 heterocycles. The largest absolute Gasteiger partial charge is 0.342 e. The summed E-state index contributed by atoms with van der Waals surface area (Å²) in [4.78, 5) is 43.5. The van der Waals surface area contributed by atoms with Crippen LogP contribution >= 0.6 is 0 Å². The van der Waals surface area contributed by atoms with Crippen LogP contribution in [0.15, 0.2) is 42.5 Å². The van der Waals surface area contributed by atoms with Gasteiger partial charge in [0, 0.05) is 31.9 Å². The highest BCUT2D eigenvalue weighted by Gasteiger charge is 2.23. The third kappa shape index (κ3) is 4.31. The van der Waals surface area contributed by atoms with E-state index < -0.39 is 0 Å². The average Bonchev–Trinajstić information content (AvgIpc) is 2.73. The normalized spacial score (nSPS) is 14.0. The van der Waals surface area contributed by atoms with Crippen LogP contribution in [-0.2, 0) is 11.2 Å². The molecule has 27 heavy (non-hydrogen) atoms. The van der Waals surface area contributed by atoms with Gasteiger partial charge in [-0.2, -0.15) is 0 Å². The van der Waals surface area contributed by atoms with Crippen LogP contribution in [0.5, 0.6) is 0 Å². The Morgan fingerprint density at radius 1 is 1.04 bits per heavy atom. The lowest BCUT2D eigenvalue weighted by atomic mass is 10.1. The van der Waals surface area contributed by atoms with E-state index in [4.69, 9.17) is 0 Å². The van der Waals surface area contributed by atoms with Gasteiger partial charge in [-0.25, -0.2) is 4.98 Å². The van der Waals surface area contributed by atoms with Crippen LogP contribution in [0.1, 0.15) is 33.5 Å². The van der Waals surface area contributed by atoms with E-state index in [1.807, 2.05) is 31.2 Å². The number of rotatable bonds is 5. The van der Waals surface area contributed by atoms with Gasteiger partial charge in [0.15, 0.2) is 0 Å². The second kappa shape index (κ2) is 8.44. The van der Waals surface area contributed by atoms with Crippen LogP contribution in [0.25, 0.3) is 0 Å². The summed E-state index contributed by atoms with van der Waals surface area (Å²) in [5, 5.41) is 2.86. The SMILES string of the molecule is CCc1ccccc1NC(=O)c1cccc(C(=O)N2CCN(C=O)CC2)n1. The Bertz CT molecular complexity index is 845. The molecule has 7 nitrogen and oxygen atoms in total. The number of pyridine rings is 1.